The van der Waals surface area contributed by atoms with Gasteiger partial charge in [0.05, 0.1) is 0 Å². The van der Waals surface area contributed by atoms with E-state index in [2.05, 4.69) is 116 Å². The van der Waals surface area contributed by atoms with Crippen molar-refractivity contribution in [1.82, 2.24) is 0 Å². The van der Waals surface area contributed by atoms with Gasteiger partial charge in [0.2, 0.25) is 0 Å². The molecular weight excluding hydrogens is 348 g/mol. The van der Waals surface area contributed by atoms with Crippen molar-refractivity contribution in [2.24, 2.45) is 0 Å². The molecule has 0 radical (unpaired) electrons. The van der Waals surface area contributed by atoms with Crippen LogP contribution in [-0.2, 0) is 16.2 Å². The highest BCUT2D eigenvalue weighted by molar-refractivity contribution is 5.81. The number of fused-ring (bicyclic) bond motifs is 3. The summed E-state index contributed by atoms with van der Waals surface area (Å²) in [5.74, 6) is 0. The van der Waals surface area contributed by atoms with E-state index >= 15 is 0 Å². The van der Waals surface area contributed by atoms with Crippen LogP contribution in [0.15, 0.2) is 60.7 Å². The summed E-state index contributed by atoms with van der Waals surface area (Å²) in [6.07, 6.45) is 0. The van der Waals surface area contributed by atoms with Gasteiger partial charge in [-0.15, -0.1) is 0 Å². The molecule has 0 N–H and O–H groups in total. The standard InChI is InChI=1S/C29H34/c1-19-9-11-20(12-10-19)28(5,6)22-14-16-24-23-15-13-21(27(2,3)4)17-25(23)29(7,8)26(24)18-22/h9-18H,1-8H3. The van der Waals surface area contributed by atoms with Crippen LogP contribution < -0.4 is 0 Å². The summed E-state index contributed by atoms with van der Waals surface area (Å²) in [4.78, 5) is 0. The topological polar surface area (TPSA) is 0 Å². The molecule has 0 saturated heterocycles. The van der Waals surface area contributed by atoms with Crippen molar-refractivity contribution < 1.29 is 0 Å². The van der Waals surface area contributed by atoms with Crippen LogP contribution in [0.25, 0.3) is 11.1 Å². The first kappa shape index (κ1) is 20.0. The second-order valence-corrected chi connectivity index (χ2v) is 10.9. The van der Waals surface area contributed by atoms with Crippen LogP contribution in [0.1, 0.15) is 81.8 Å². The van der Waals surface area contributed by atoms with Crippen molar-refractivity contribution in [3.05, 3.63) is 94.0 Å². The zero-order valence-electron chi connectivity index (χ0n) is 19.3. The molecule has 0 amide bonds. The maximum atomic E-state index is 2.46. The third-order valence-electron chi connectivity index (χ3n) is 7.04. The van der Waals surface area contributed by atoms with Crippen molar-refractivity contribution in [2.45, 2.75) is 71.6 Å². The zero-order chi connectivity index (χ0) is 21.2. The molecule has 0 aromatic heterocycles. The minimum absolute atomic E-state index is 0.0191. The normalized spacial score (nSPS) is 15.2. The molecule has 0 heteroatoms. The Morgan fingerprint density at radius 2 is 1.03 bits per heavy atom. The van der Waals surface area contributed by atoms with Gasteiger partial charge in [-0.3, -0.25) is 0 Å². The summed E-state index contributed by atoms with van der Waals surface area (Å²) in [5.41, 5.74) is 11.4. The van der Waals surface area contributed by atoms with Gasteiger partial charge in [0.25, 0.3) is 0 Å². The number of hydrogen-bond donors (Lipinski definition) is 0. The Labute approximate surface area is 177 Å². The maximum absolute atomic E-state index is 2.46. The van der Waals surface area contributed by atoms with Gasteiger partial charge in [0.1, 0.15) is 0 Å². The minimum atomic E-state index is -0.0237. The van der Waals surface area contributed by atoms with E-state index in [0.717, 1.165) is 0 Å². The van der Waals surface area contributed by atoms with Crippen LogP contribution in [0.2, 0.25) is 0 Å². The fraction of sp³-hybridized carbons (Fsp3) is 0.379. The largest absolute Gasteiger partial charge is 0.0590 e. The number of rotatable bonds is 2. The van der Waals surface area contributed by atoms with Crippen LogP contribution in [0, 0.1) is 6.92 Å². The molecule has 150 valence electrons. The summed E-state index contributed by atoms with van der Waals surface area (Å²) in [7, 11) is 0. The second-order valence-electron chi connectivity index (χ2n) is 10.9. The lowest BCUT2D eigenvalue weighted by Gasteiger charge is -2.29. The van der Waals surface area contributed by atoms with Crippen LogP contribution in [0.5, 0.6) is 0 Å². The molecule has 0 atom stereocenters. The molecule has 0 saturated carbocycles. The van der Waals surface area contributed by atoms with E-state index < -0.39 is 0 Å². The second kappa shape index (κ2) is 6.33. The van der Waals surface area contributed by atoms with Crippen LogP contribution in [0.4, 0.5) is 0 Å². The average Bonchev–Trinajstić information content (AvgIpc) is 2.88. The van der Waals surface area contributed by atoms with Crippen molar-refractivity contribution >= 4 is 0 Å². The molecule has 0 spiro atoms. The van der Waals surface area contributed by atoms with Crippen LogP contribution >= 0.6 is 0 Å². The molecule has 0 bridgehead atoms. The molecular formula is C29H34. The quantitative estimate of drug-likeness (QED) is 0.422. The van der Waals surface area contributed by atoms with Gasteiger partial charge in [0.15, 0.2) is 0 Å². The van der Waals surface area contributed by atoms with Gasteiger partial charge in [-0.05, 0) is 51.3 Å². The van der Waals surface area contributed by atoms with E-state index in [-0.39, 0.29) is 16.2 Å². The highest BCUT2D eigenvalue weighted by Gasteiger charge is 2.37. The van der Waals surface area contributed by atoms with E-state index in [1.165, 1.54) is 44.5 Å². The van der Waals surface area contributed by atoms with Crippen molar-refractivity contribution in [3.8, 4) is 11.1 Å². The van der Waals surface area contributed by atoms with Gasteiger partial charge >= 0.3 is 0 Å². The van der Waals surface area contributed by atoms with Gasteiger partial charge in [-0.25, -0.2) is 0 Å². The Morgan fingerprint density at radius 1 is 0.586 bits per heavy atom. The lowest BCUT2D eigenvalue weighted by atomic mass is 9.74. The molecule has 4 rings (SSSR count). The third-order valence-corrected chi connectivity index (χ3v) is 7.04. The van der Waals surface area contributed by atoms with E-state index in [9.17, 15) is 0 Å². The van der Waals surface area contributed by atoms with Crippen molar-refractivity contribution in [2.75, 3.05) is 0 Å². The van der Waals surface area contributed by atoms with Gasteiger partial charge in [-0.2, -0.15) is 0 Å². The van der Waals surface area contributed by atoms with Crippen LogP contribution in [-0.4, -0.2) is 0 Å². The average molecular weight is 383 g/mol. The summed E-state index contributed by atoms with van der Waals surface area (Å²) in [6, 6.07) is 23.2. The minimum Gasteiger partial charge on any atom is -0.0590 e. The molecule has 0 heterocycles. The van der Waals surface area contributed by atoms with Gasteiger partial charge in [0, 0.05) is 10.8 Å². The maximum Gasteiger partial charge on any atom is 0.0159 e. The summed E-state index contributed by atoms with van der Waals surface area (Å²) >= 11 is 0. The first-order valence-electron chi connectivity index (χ1n) is 10.8. The lowest BCUT2D eigenvalue weighted by Crippen LogP contribution is -2.21. The molecule has 0 nitrogen and oxygen atoms in total. The number of benzene rings is 3. The fourth-order valence-corrected chi connectivity index (χ4v) is 4.73. The smallest absolute Gasteiger partial charge is 0.0159 e. The predicted molar refractivity (Wildman–Crippen MR) is 126 cm³/mol. The lowest BCUT2D eigenvalue weighted by molar-refractivity contribution is 0.584. The first-order valence-corrected chi connectivity index (χ1v) is 10.8. The molecule has 1 aliphatic carbocycles. The zero-order valence-corrected chi connectivity index (χ0v) is 19.3. The monoisotopic (exact) mass is 382 g/mol. The summed E-state index contributed by atoms with van der Waals surface area (Å²) in [5, 5.41) is 0. The Hall–Kier alpha value is -2.34. The van der Waals surface area contributed by atoms with E-state index in [1.54, 1.807) is 0 Å². The van der Waals surface area contributed by atoms with Crippen molar-refractivity contribution in [3.63, 3.8) is 0 Å². The van der Waals surface area contributed by atoms with E-state index in [4.69, 9.17) is 0 Å². The van der Waals surface area contributed by atoms with Crippen LogP contribution in [0.3, 0.4) is 0 Å². The Kier molecular flexibility index (Phi) is 4.35. The molecule has 0 fully saturated rings. The van der Waals surface area contributed by atoms with Gasteiger partial charge < -0.3 is 0 Å². The summed E-state index contributed by atoms with van der Waals surface area (Å²) < 4.78 is 0. The predicted octanol–water partition coefficient (Wildman–Crippen LogP) is 7.92. The third kappa shape index (κ3) is 3.14. The Bertz CT molecular complexity index is 1070. The number of aryl methyl sites for hydroxylation is 1. The fourth-order valence-electron chi connectivity index (χ4n) is 4.73. The molecule has 29 heavy (non-hydrogen) atoms. The van der Waals surface area contributed by atoms with E-state index in [0.29, 0.717) is 0 Å². The molecule has 3 aromatic carbocycles. The molecule has 3 aromatic rings. The van der Waals surface area contributed by atoms with Crippen molar-refractivity contribution in [1.29, 1.82) is 0 Å². The summed E-state index contributed by atoms with van der Waals surface area (Å²) in [6.45, 7) is 18.5. The SMILES string of the molecule is Cc1ccc(C(C)(C)c2ccc3c(c2)C(C)(C)c2cc(C(C)(C)C)ccc2-3)cc1. The Morgan fingerprint density at radius 3 is 1.55 bits per heavy atom. The van der Waals surface area contributed by atoms with Gasteiger partial charge in [-0.1, -0.05) is 115 Å². The molecule has 0 aliphatic heterocycles. The first-order chi connectivity index (χ1) is 13.4. The molecule has 1 aliphatic rings. The highest BCUT2D eigenvalue weighted by Crippen LogP contribution is 2.50. The highest BCUT2D eigenvalue weighted by atomic mass is 14.4. The Balaban J connectivity index is 1.83. The number of hydrogen-bond acceptors (Lipinski definition) is 0. The molecule has 0 unspecified atom stereocenters. The van der Waals surface area contributed by atoms with E-state index in [1.807, 2.05) is 0 Å².